The van der Waals surface area contributed by atoms with Crippen LogP contribution in [0.25, 0.3) is 10.9 Å². The highest BCUT2D eigenvalue weighted by molar-refractivity contribution is 5.95. The van der Waals surface area contributed by atoms with Gasteiger partial charge in [0.25, 0.3) is 5.91 Å². The van der Waals surface area contributed by atoms with E-state index in [-0.39, 0.29) is 12.1 Å². The number of aromatic amines is 1. The average Bonchev–Trinajstić information content (AvgIpc) is 2.97. The lowest BCUT2D eigenvalue weighted by atomic mass is 10.0. The van der Waals surface area contributed by atoms with Gasteiger partial charge in [-0.1, -0.05) is 18.2 Å². The summed E-state index contributed by atoms with van der Waals surface area (Å²) in [7, 11) is 0. The molecule has 0 spiro atoms. The van der Waals surface area contributed by atoms with Crippen molar-refractivity contribution in [3.63, 3.8) is 0 Å². The van der Waals surface area contributed by atoms with E-state index < -0.39 is 23.5 Å². The lowest BCUT2D eigenvalue weighted by Gasteiger charge is -2.27. The molecule has 0 bridgehead atoms. The third-order valence-corrected chi connectivity index (χ3v) is 4.64. The number of nitrogens with zero attached hydrogens (tertiary/aromatic N) is 1. The summed E-state index contributed by atoms with van der Waals surface area (Å²) in [5.74, 6) is -1.69. The van der Waals surface area contributed by atoms with Gasteiger partial charge in [0.05, 0.1) is 12.1 Å². The second-order valence-corrected chi connectivity index (χ2v) is 6.33. The van der Waals surface area contributed by atoms with Crippen LogP contribution in [0, 0.1) is 5.82 Å². The van der Waals surface area contributed by atoms with Crippen molar-refractivity contribution in [3.8, 4) is 0 Å². The number of nitrogens with one attached hydrogen (secondary N) is 1. The van der Waals surface area contributed by atoms with E-state index in [9.17, 15) is 22.4 Å². The number of rotatable bonds is 1. The Balaban J connectivity index is 1.65. The van der Waals surface area contributed by atoms with Crippen LogP contribution in [0.4, 0.5) is 17.6 Å². The number of halogens is 4. The first-order valence-corrected chi connectivity index (χ1v) is 8.08. The molecule has 0 radical (unpaired) electrons. The van der Waals surface area contributed by atoms with E-state index >= 15 is 0 Å². The summed E-state index contributed by atoms with van der Waals surface area (Å²) >= 11 is 0. The third kappa shape index (κ3) is 2.83. The number of carbonyl (C=O) groups excluding carboxylic acids is 1. The molecule has 3 aromatic rings. The molecule has 0 atom stereocenters. The first-order chi connectivity index (χ1) is 12.3. The van der Waals surface area contributed by atoms with E-state index in [1.54, 1.807) is 0 Å². The molecule has 4 rings (SSSR count). The normalized spacial score (nSPS) is 14.5. The van der Waals surface area contributed by atoms with Gasteiger partial charge < -0.3 is 9.88 Å². The molecule has 1 aromatic heterocycles. The maximum absolute atomic E-state index is 13.6. The summed E-state index contributed by atoms with van der Waals surface area (Å²) in [5, 5.41) is 1.08. The molecule has 1 aliphatic heterocycles. The molecule has 1 amide bonds. The average molecular weight is 362 g/mol. The second kappa shape index (κ2) is 5.86. The molecule has 134 valence electrons. The van der Waals surface area contributed by atoms with Gasteiger partial charge in [0.2, 0.25) is 0 Å². The van der Waals surface area contributed by atoms with Gasteiger partial charge in [-0.15, -0.1) is 0 Å². The summed E-state index contributed by atoms with van der Waals surface area (Å²) in [6.07, 6.45) is -4.12. The van der Waals surface area contributed by atoms with Crippen molar-refractivity contribution >= 4 is 16.8 Å². The highest BCUT2D eigenvalue weighted by atomic mass is 19.4. The Morgan fingerprint density at radius 2 is 1.88 bits per heavy atom. The summed E-state index contributed by atoms with van der Waals surface area (Å²) < 4.78 is 52.2. The monoisotopic (exact) mass is 362 g/mol. The zero-order valence-electron chi connectivity index (χ0n) is 13.5. The Hall–Kier alpha value is -2.83. The number of fused-ring (bicyclic) bond motifs is 3. The zero-order valence-corrected chi connectivity index (χ0v) is 13.5. The van der Waals surface area contributed by atoms with Crippen LogP contribution < -0.4 is 0 Å². The summed E-state index contributed by atoms with van der Waals surface area (Å²) in [4.78, 5) is 17.3. The van der Waals surface area contributed by atoms with Gasteiger partial charge in [0.15, 0.2) is 0 Å². The van der Waals surface area contributed by atoms with Gasteiger partial charge in [-0.2, -0.15) is 13.2 Å². The number of aromatic nitrogens is 1. The van der Waals surface area contributed by atoms with Crippen molar-refractivity contribution in [1.82, 2.24) is 9.88 Å². The maximum atomic E-state index is 13.6. The largest absolute Gasteiger partial charge is 0.416 e. The van der Waals surface area contributed by atoms with Crippen molar-refractivity contribution in [2.75, 3.05) is 6.54 Å². The van der Waals surface area contributed by atoms with Crippen LogP contribution in [-0.2, 0) is 19.1 Å². The van der Waals surface area contributed by atoms with Gasteiger partial charge in [-0.05, 0) is 36.2 Å². The SMILES string of the molecule is O=C(c1cc(F)cc(C(F)(F)F)c1)N1CCc2c([nH]c3ccccc23)C1. The molecule has 1 N–H and O–H groups in total. The topological polar surface area (TPSA) is 36.1 Å². The van der Waals surface area contributed by atoms with Crippen LogP contribution in [0.1, 0.15) is 27.2 Å². The fraction of sp³-hybridized carbons (Fsp3) is 0.211. The molecule has 0 aliphatic carbocycles. The van der Waals surface area contributed by atoms with E-state index in [1.807, 2.05) is 24.3 Å². The van der Waals surface area contributed by atoms with Crippen LogP contribution in [0.5, 0.6) is 0 Å². The van der Waals surface area contributed by atoms with Gasteiger partial charge in [-0.3, -0.25) is 4.79 Å². The molecule has 2 aromatic carbocycles. The van der Waals surface area contributed by atoms with Crippen LogP contribution in [0.15, 0.2) is 42.5 Å². The minimum absolute atomic E-state index is 0.251. The van der Waals surface area contributed by atoms with Gasteiger partial charge in [0, 0.05) is 28.7 Å². The lowest BCUT2D eigenvalue weighted by molar-refractivity contribution is -0.137. The molecule has 0 saturated heterocycles. The fourth-order valence-corrected chi connectivity index (χ4v) is 3.43. The number of carbonyl (C=O) groups is 1. The van der Waals surface area contributed by atoms with Gasteiger partial charge >= 0.3 is 6.18 Å². The number of hydrogen-bond donors (Lipinski definition) is 1. The molecular formula is C19H14F4N2O. The standard InChI is InChI=1S/C19H14F4N2O/c20-13-8-11(7-12(9-13)19(21,22)23)18(26)25-6-5-15-14-3-1-2-4-16(14)24-17(15)10-25/h1-4,7-9,24H,5-6,10H2. The highest BCUT2D eigenvalue weighted by Crippen LogP contribution is 2.32. The van der Waals surface area contributed by atoms with Gasteiger partial charge in [-0.25, -0.2) is 4.39 Å². The van der Waals surface area contributed by atoms with E-state index in [4.69, 9.17) is 0 Å². The maximum Gasteiger partial charge on any atom is 0.416 e. The predicted octanol–water partition coefficient (Wildman–Crippen LogP) is 4.52. The number of H-pyrrole nitrogens is 1. The van der Waals surface area contributed by atoms with Crippen LogP contribution >= 0.6 is 0 Å². The number of alkyl halides is 3. The predicted molar refractivity (Wildman–Crippen MR) is 88.1 cm³/mol. The molecule has 2 heterocycles. The van der Waals surface area contributed by atoms with E-state index in [1.165, 1.54) is 4.90 Å². The summed E-state index contributed by atoms with van der Waals surface area (Å²) in [5.41, 5.74) is 1.47. The number of hydrogen-bond acceptors (Lipinski definition) is 1. The van der Waals surface area contributed by atoms with E-state index in [0.29, 0.717) is 25.1 Å². The molecular weight excluding hydrogens is 348 g/mol. The third-order valence-electron chi connectivity index (χ3n) is 4.64. The first kappa shape index (κ1) is 16.6. The van der Waals surface area contributed by atoms with Gasteiger partial charge in [0.1, 0.15) is 5.82 Å². The molecule has 0 saturated carbocycles. The van der Waals surface area contributed by atoms with E-state index in [2.05, 4.69) is 4.98 Å². The molecule has 3 nitrogen and oxygen atoms in total. The Labute approximate surface area is 146 Å². The number of para-hydroxylation sites is 1. The molecule has 1 aliphatic rings. The molecule has 0 unspecified atom stereocenters. The highest BCUT2D eigenvalue weighted by Gasteiger charge is 2.33. The Bertz CT molecular complexity index is 1010. The molecule has 26 heavy (non-hydrogen) atoms. The van der Waals surface area contributed by atoms with Crippen molar-refractivity contribution in [3.05, 3.63) is 70.7 Å². The van der Waals surface area contributed by atoms with Crippen molar-refractivity contribution in [1.29, 1.82) is 0 Å². The Morgan fingerprint density at radius 1 is 1.12 bits per heavy atom. The van der Waals surface area contributed by atoms with E-state index in [0.717, 1.165) is 28.2 Å². The lowest BCUT2D eigenvalue weighted by Crippen LogP contribution is -2.36. The summed E-state index contributed by atoms with van der Waals surface area (Å²) in [6.45, 7) is 0.617. The minimum Gasteiger partial charge on any atom is -0.357 e. The van der Waals surface area contributed by atoms with Crippen LogP contribution in [-0.4, -0.2) is 22.3 Å². The smallest absolute Gasteiger partial charge is 0.357 e. The molecule has 0 fully saturated rings. The Kier molecular flexibility index (Phi) is 3.75. The van der Waals surface area contributed by atoms with Crippen LogP contribution in [0.3, 0.4) is 0 Å². The second-order valence-electron chi connectivity index (χ2n) is 6.33. The van der Waals surface area contributed by atoms with Crippen LogP contribution in [0.2, 0.25) is 0 Å². The van der Waals surface area contributed by atoms with Crippen molar-refractivity contribution < 1.29 is 22.4 Å². The first-order valence-electron chi connectivity index (χ1n) is 8.08. The zero-order chi connectivity index (χ0) is 18.5. The van der Waals surface area contributed by atoms with Crippen molar-refractivity contribution in [2.24, 2.45) is 0 Å². The summed E-state index contributed by atoms with van der Waals surface area (Å²) in [6, 6.07) is 9.69. The fourth-order valence-electron chi connectivity index (χ4n) is 3.43. The van der Waals surface area contributed by atoms with Crippen molar-refractivity contribution in [2.45, 2.75) is 19.1 Å². The molecule has 7 heteroatoms. The Morgan fingerprint density at radius 3 is 2.65 bits per heavy atom. The number of amides is 1. The number of benzene rings is 2. The quantitative estimate of drug-likeness (QED) is 0.635. The minimum atomic E-state index is -4.70.